The highest BCUT2D eigenvalue weighted by atomic mass is 35.5. The third-order valence-electron chi connectivity index (χ3n) is 1.13. The fraction of sp³-hybridized carbons (Fsp3) is 0.250. The second-order valence-corrected chi connectivity index (χ2v) is 3.72. The molecule has 0 aliphatic rings. The number of halogens is 1. The van der Waals surface area contributed by atoms with Crippen LogP contribution in [0.3, 0.4) is 0 Å². The minimum atomic E-state index is 0.896. The second-order valence-electron chi connectivity index (χ2n) is 2.19. The van der Waals surface area contributed by atoms with Crippen LogP contribution in [-0.4, -0.2) is 6.54 Å². The first-order chi connectivity index (χ1) is 5.27. The molecule has 0 saturated heterocycles. The maximum Gasteiger partial charge on any atom is 0.0711 e. The van der Waals surface area contributed by atoms with E-state index < -0.39 is 0 Å². The summed E-state index contributed by atoms with van der Waals surface area (Å²) in [7, 11) is 0. The van der Waals surface area contributed by atoms with Gasteiger partial charge in [0.1, 0.15) is 0 Å². The van der Waals surface area contributed by atoms with Crippen LogP contribution in [0.2, 0.25) is 5.02 Å². The Morgan fingerprint density at radius 2 is 2.18 bits per heavy atom. The zero-order valence-electron chi connectivity index (χ0n) is 6.43. The van der Waals surface area contributed by atoms with E-state index in [1.807, 2.05) is 19.1 Å². The molecule has 0 radical (unpaired) electrons. The standard InChI is InChI=1S/C6H3ClS.C2H7N/c7-5-3-4-1-2-6(5)8-4;1-2-3/h1-3H;2-3H2,1H3/p+1. The van der Waals surface area contributed by atoms with Crippen LogP contribution in [0.25, 0.3) is 9.40 Å². The molecular weight excluding hydrogens is 178 g/mol. The zero-order chi connectivity index (χ0) is 8.27. The van der Waals surface area contributed by atoms with Crippen molar-refractivity contribution >= 4 is 32.3 Å². The van der Waals surface area contributed by atoms with Crippen molar-refractivity contribution in [2.24, 2.45) is 0 Å². The minimum Gasteiger partial charge on any atom is -0.358 e. The van der Waals surface area contributed by atoms with E-state index in [1.165, 1.54) is 9.40 Å². The zero-order valence-corrected chi connectivity index (χ0v) is 8.00. The van der Waals surface area contributed by atoms with Crippen molar-refractivity contribution < 1.29 is 5.73 Å². The predicted molar refractivity (Wildman–Crippen MR) is 51.5 cm³/mol. The Bertz CT molecular complexity index is 304. The topological polar surface area (TPSA) is 27.6 Å². The van der Waals surface area contributed by atoms with Gasteiger partial charge in [-0.05, 0) is 25.1 Å². The summed E-state index contributed by atoms with van der Waals surface area (Å²) in [5.41, 5.74) is 3.49. The number of hydrogen-bond donors (Lipinski definition) is 1. The van der Waals surface area contributed by atoms with Crippen LogP contribution >= 0.6 is 22.9 Å². The Hall–Kier alpha value is -0.310. The lowest BCUT2D eigenvalue weighted by Gasteiger charge is -1.76. The molecule has 2 aromatic rings. The SMILES string of the molecule is CC[NH3+].Clc1cc2ccc1s2. The molecule has 0 saturated carbocycles. The van der Waals surface area contributed by atoms with E-state index in [0.29, 0.717) is 0 Å². The van der Waals surface area contributed by atoms with E-state index in [-0.39, 0.29) is 0 Å². The van der Waals surface area contributed by atoms with Gasteiger partial charge in [-0.25, -0.2) is 0 Å². The molecule has 2 aromatic heterocycles. The molecule has 1 nitrogen and oxygen atoms in total. The summed E-state index contributed by atoms with van der Waals surface area (Å²) in [6, 6.07) is 6.11. The smallest absolute Gasteiger partial charge is 0.0711 e. The van der Waals surface area contributed by atoms with Crippen molar-refractivity contribution in [3.63, 3.8) is 0 Å². The molecule has 0 aromatic carbocycles. The second kappa shape index (κ2) is 3.90. The van der Waals surface area contributed by atoms with Gasteiger partial charge in [0.25, 0.3) is 0 Å². The summed E-state index contributed by atoms with van der Waals surface area (Å²) in [6.45, 7) is 3.01. The number of quaternary nitrogens is 1. The van der Waals surface area contributed by atoms with E-state index in [4.69, 9.17) is 11.6 Å². The molecule has 0 spiro atoms. The van der Waals surface area contributed by atoms with Crippen LogP contribution in [0.1, 0.15) is 6.92 Å². The van der Waals surface area contributed by atoms with Crippen LogP contribution in [0.5, 0.6) is 0 Å². The number of rotatable bonds is 0. The average Bonchev–Trinajstić information content (AvgIpc) is 2.48. The molecule has 60 valence electrons. The Balaban J connectivity index is 0.000000179. The van der Waals surface area contributed by atoms with E-state index >= 15 is 0 Å². The van der Waals surface area contributed by atoms with Crippen LogP contribution in [0.4, 0.5) is 0 Å². The predicted octanol–water partition coefficient (Wildman–Crippen LogP) is 2.24. The van der Waals surface area contributed by atoms with E-state index in [2.05, 4.69) is 11.8 Å². The van der Waals surface area contributed by atoms with Gasteiger partial charge in [0.15, 0.2) is 0 Å². The minimum absolute atomic E-state index is 0.896. The Kier molecular flexibility index (Phi) is 3.12. The normalized spacial score (nSPS) is 9.73. The quantitative estimate of drug-likeness (QED) is 0.657. The molecule has 0 fully saturated rings. The van der Waals surface area contributed by atoms with Gasteiger partial charge >= 0.3 is 0 Å². The van der Waals surface area contributed by atoms with Crippen molar-refractivity contribution in [3.05, 3.63) is 23.2 Å². The molecule has 0 aliphatic heterocycles. The van der Waals surface area contributed by atoms with Crippen molar-refractivity contribution in [3.8, 4) is 0 Å². The van der Waals surface area contributed by atoms with Crippen molar-refractivity contribution in [1.29, 1.82) is 0 Å². The number of thiophene rings is 2. The molecule has 0 atom stereocenters. The highest BCUT2D eigenvalue weighted by molar-refractivity contribution is 7.24. The van der Waals surface area contributed by atoms with Crippen molar-refractivity contribution in [1.82, 2.24) is 0 Å². The molecule has 11 heavy (non-hydrogen) atoms. The summed E-state index contributed by atoms with van der Waals surface area (Å²) in [6.07, 6.45) is 0. The van der Waals surface area contributed by atoms with E-state index in [9.17, 15) is 0 Å². The van der Waals surface area contributed by atoms with E-state index in [1.54, 1.807) is 11.3 Å². The molecule has 0 aliphatic carbocycles. The lowest BCUT2D eigenvalue weighted by atomic mass is 10.4. The van der Waals surface area contributed by atoms with Gasteiger partial charge in [0.2, 0.25) is 0 Å². The maximum absolute atomic E-state index is 5.74. The summed E-state index contributed by atoms with van der Waals surface area (Å²) >= 11 is 7.48. The molecule has 2 heterocycles. The highest BCUT2D eigenvalue weighted by Crippen LogP contribution is 2.31. The van der Waals surface area contributed by atoms with Gasteiger partial charge in [0.05, 0.1) is 11.6 Å². The lowest BCUT2D eigenvalue weighted by Crippen LogP contribution is -2.48. The summed E-state index contributed by atoms with van der Waals surface area (Å²) in [5, 5.41) is 0.896. The van der Waals surface area contributed by atoms with Crippen LogP contribution in [0, 0.1) is 0 Å². The Morgan fingerprint density at radius 1 is 1.55 bits per heavy atom. The van der Waals surface area contributed by atoms with Crippen LogP contribution < -0.4 is 5.73 Å². The van der Waals surface area contributed by atoms with Gasteiger partial charge in [-0.2, -0.15) is 0 Å². The summed E-state index contributed by atoms with van der Waals surface area (Å²) in [4.78, 5) is 0. The first-order valence-electron chi connectivity index (χ1n) is 3.54. The fourth-order valence-electron chi connectivity index (χ4n) is 0.755. The first kappa shape index (κ1) is 8.78. The molecule has 2 rings (SSSR count). The Labute approximate surface area is 75.1 Å². The summed E-state index contributed by atoms with van der Waals surface area (Å²) in [5.74, 6) is 0. The number of benzene rings is 1. The van der Waals surface area contributed by atoms with E-state index in [0.717, 1.165) is 11.6 Å². The number of hydrogen-bond acceptors (Lipinski definition) is 1. The fourth-order valence-corrected chi connectivity index (χ4v) is 1.98. The highest BCUT2D eigenvalue weighted by Gasteiger charge is 1.99. The number of fused-ring (bicyclic) bond motifs is 2. The molecular formula is C8H11ClNS+. The van der Waals surface area contributed by atoms with Crippen LogP contribution in [-0.2, 0) is 0 Å². The van der Waals surface area contributed by atoms with Gasteiger partial charge in [-0.15, -0.1) is 11.3 Å². The molecule has 0 unspecified atom stereocenters. The molecule has 0 amide bonds. The lowest BCUT2D eigenvalue weighted by molar-refractivity contribution is -0.361. The van der Waals surface area contributed by atoms with Crippen molar-refractivity contribution in [2.75, 3.05) is 6.54 Å². The monoisotopic (exact) mass is 188 g/mol. The van der Waals surface area contributed by atoms with Crippen LogP contribution in [0.15, 0.2) is 18.2 Å². The van der Waals surface area contributed by atoms with Crippen molar-refractivity contribution in [2.45, 2.75) is 6.92 Å². The third kappa shape index (κ3) is 2.06. The van der Waals surface area contributed by atoms with Gasteiger partial charge < -0.3 is 5.73 Å². The molecule has 3 heteroatoms. The van der Waals surface area contributed by atoms with Gasteiger partial charge in [-0.1, -0.05) is 11.6 Å². The first-order valence-corrected chi connectivity index (χ1v) is 4.74. The third-order valence-corrected chi connectivity index (χ3v) is 2.62. The largest absolute Gasteiger partial charge is 0.358 e. The van der Waals surface area contributed by atoms with Gasteiger partial charge in [-0.3, -0.25) is 0 Å². The average molecular weight is 189 g/mol. The summed E-state index contributed by atoms with van der Waals surface area (Å²) < 4.78 is 2.46. The molecule has 3 N–H and O–H groups in total. The molecule has 2 bridgehead atoms. The maximum atomic E-state index is 5.74. The van der Waals surface area contributed by atoms with Gasteiger partial charge in [0, 0.05) is 9.40 Å². The Morgan fingerprint density at radius 3 is 2.36 bits per heavy atom.